The monoisotopic (exact) mass is 184 g/mol. The van der Waals surface area contributed by atoms with Gasteiger partial charge in [-0.1, -0.05) is 27.2 Å². The lowest BCUT2D eigenvalue weighted by Crippen LogP contribution is -2.43. The minimum Gasteiger partial charge on any atom is -0.334 e. The van der Waals surface area contributed by atoms with Gasteiger partial charge in [-0.3, -0.25) is 9.79 Å². The number of nitrogens with one attached hydrogen (secondary N) is 1. The zero-order valence-corrected chi connectivity index (χ0v) is 8.84. The maximum atomic E-state index is 10.4. The summed E-state index contributed by atoms with van der Waals surface area (Å²) in [5.41, 5.74) is -0.440. The maximum absolute atomic E-state index is 10.4. The second-order valence-electron chi connectivity index (χ2n) is 3.80. The summed E-state index contributed by atoms with van der Waals surface area (Å²) >= 11 is 0. The molecule has 0 rings (SSSR count). The Morgan fingerprint density at radius 2 is 2.23 bits per heavy atom. The molecule has 0 aromatic heterocycles. The number of carbonyl (C=O) groups is 1. The molecule has 0 fully saturated rings. The number of hydrogen-bond acceptors (Lipinski definition) is 2. The van der Waals surface area contributed by atoms with Gasteiger partial charge in [0.15, 0.2) is 0 Å². The van der Waals surface area contributed by atoms with Crippen LogP contribution >= 0.6 is 0 Å². The summed E-state index contributed by atoms with van der Waals surface area (Å²) in [6.07, 6.45) is 3.41. The van der Waals surface area contributed by atoms with E-state index in [0.717, 1.165) is 19.3 Å². The van der Waals surface area contributed by atoms with Crippen molar-refractivity contribution < 1.29 is 4.79 Å². The van der Waals surface area contributed by atoms with Gasteiger partial charge in [0.1, 0.15) is 5.66 Å². The van der Waals surface area contributed by atoms with Gasteiger partial charge in [-0.15, -0.1) is 0 Å². The standard InChI is InChI=1S/C10H20N2O/c1-5-6-10(11-4,12-8-13)7-9(2)3/h8-9H,4-7H2,1-3H3,(H,12,13). The predicted molar refractivity (Wildman–Crippen MR) is 55.8 cm³/mol. The summed E-state index contributed by atoms with van der Waals surface area (Å²) in [5, 5.41) is 2.77. The highest BCUT2D eigenvalue weighted by Crippen LogP contribution is 2.22. The molecule has 0 bridgehead atoms. The Kier molecular flexibility index (Phi) is 5.35. The first-order chi connectivity index (χ1) is 6.10. The highest BCUT2D eigenvalue weighted by Gasteiger charge is 2.27. The molecule has 76 valence electrons. The third-order valence-corrected chi connectivity index (χ3v) is 2.04. The molecule has 1 unspecified atom stereocenters. The normalized spacial score (nSPS) is 15.1. The van der Waals surface area contributed by atoms with E-state index in [1.54, 1.807) is 0 Å². The third-order valence-electron chi connectivity index (χ3n) is 2.04. The fourth-order valence-electron chi connectivity index (χ4n) is 1.62. The first-order valence-corrected chi connectivity index (χ1v) is 4.79. The first kappa shape index (κ1) is 12.1. The van der Waals surface area contributed by atoms with E-state index >= 15 is 0 Å². The molecule has 1 amide bonds. The number of nitrogens with zero attached hydrogens (tertiary/aromatic N) is 1. The van der Waals surface area contributed by atoms with Crippen molar-refractivity contribution in [2.45, 2.75) is 45.7 Å². The van der Waals surface area contributed by atoms with Crippen molar-refractivity contribution >= 4 is 13.1 Å². The lowest BCUT2D eigenvalue weighted by molar-refractivity contribution is -0.111. The molecule has 0 aromatic carbocycles. The maximum Gasteiger partial charge on any atom is 0.208 e. The predicted octanol–water partition coefficient (Wildman–Crippen LogP) is 1.98. The van der Waals surface area contributed by atoms with Crippen LogP contribution in [-0.2, 0) is 4.79 Å². The number of carbonyl (C=O) groups excluding carboxylic acids is 1. The highest BCUT2D eigenvalue weighted by molar-refractivity contribution is 5.48. The molecule has 0 radical (unpaired) electrons. The van der Waals surface area contributed by atoms with Gasteiger partial charge in [0.2, 0.25) is 6.41 Å². The molecule has 0 aliphatic carbocycles. The van der Waals surface area contributed by atoms with Crippen molar-refractivity contribution in [2.75, 3.05) is 0 Å². The Hall–Kier alpha value is -0.860. The van der Waals surface area contributed by atoms with E-state index in [1.165, 1.54) is 0 Å². The van der Waals surface area contributed by atoms with Crippen molar-refractivity contribution in [1.29, 1.82) is 0 Å². The Balaban J connectivity index is 4.42. The summed E-state index contributed by atoms with van der Waals surface area (Å²) in [6.45, 7) is 9.85. The molecule has 0 heterocycles. The van der Waals surface area contributed by atoms with E-state index in [1.807, 2.05) is 0 Å². The summed E-state index contributed by atoms with van der Waals surface area (Å²) < 4.78 is 0. The van der Waals surface area contributed by atoms with Crippen molar-refractivity contribution in [3.63, 3.8) is 0 Å². The zero-order chi connectivity index (χ0) is 10.3. The molecular weight excluding hydrogens is 164 g/mol. The van der Waals surface area contributed by atoms with Gasteiger partial charge in [-0.2, -0.15) is 0 Å². The van der Waals surface area contributed by atoms with Crippen molar-refractivity contribution in [1.82, 2.24) is 5.32 Å². The minimum absolute atomic E-state index is 0.440. The quantitative estimate of drug-likeness (QED) is 0.477. The van der Waals surface area contributed by atoms with Gasteiger partial charge < -0.3 is 5.32 Å². The van der Waals surface area contributed by atoms with Crippen LogP contribution in [0.5, 0.6) is 0 Å². The average Bonchev–Trinajstić information content (AvgIpc) is 2.04. The van der Waals surface area contributed by atoms with Crippen molar-refractivity contribution in [3.05, 3.63) is 0 Å². The highest BCUT2D eigenvalue weighted by atomic mass is 16.1. The molecule has 3 heteroatoms. The molecule has 0 aliphatic rings. The van der Waals surface area contributed by atoms with Crippen LogP contribution in [0.3, 0.4) is 0 Å². The fraction of sp³-hybridized carbons (Fsp3) is 0.800. The molecule has 0 aromatic rings. The minimum atomic E-state index is -0.440. The van der Waals surface area contributed by atoms with Gasteiger partial charge in [0, 0.05) is 0 Å². The van der Waals surface area contributed by atoms with Gasteiger partial charge in [-0.25, -0.2) is 0 Å². The van der Waals surface area contributed by atoms with E-state index in [0.29, 0.717) is 12.3 Å². The first-order valence-electron chi connectivity index (χ1n) is 4.79. The van der Waals surface area contributed by atoms with E-state index < -0.39 is 5.66 Å². The Bertz CT molecular complexity index is 168. The fourth-order valence-corrected chi connectivity index (χ4v) is 1.62. The lowest BCUT2D eigenvalue weighted by Gasteiger charge is -2.30. The molecule has 0 saturated heterocycles. The average molecular weight is 184 g/mol. The number of hydrogen-bond donors (Lipinski definition) is 1. The van der Waals surface area contributed by atoms with Crippen LogP contribution in [0.25, 0.3) is 0 Å². The van der Waals surface area contributed by atoms with Crippen LogP contribution in [-0.4, -0.2) is 18.8 Å². The van der Waals surface area contributed by atoms with Crippen LogP contribution in [0.4, 0.5) is 0 Å². The van der Waals surface area contributed by atoms with E-state index in [-0.39, 0.29) is 0 Å². The van der Waals surface area contributed by atoms with Gasteiger partial charge in [0.05, 0.1) is 0 Å². The van der Waals surface area contributed by atoms with E-state index in [4.69, 9.17) is 0 Å². The summed E-state index contributed by atoms with van der Waals surface area (Å²) in [4.78, 5) is 14.5. The second kappa shape index (κ2) is 5.73. The van der Waals surface area contributed by atoms with E-state index in [9.17, 15) is 4.79 Å². The van der Waals surface area contributed by atoms with Gasteiger partial charge >= 0.3 is 0 Å². The molecule has 3 nitrogen and oxygen atoms in total. The van der Waals surface area contributed by atoms with Crippen LogP contribution < -0.4 is 5.32 Å². The van der Waals surface area contributed by atoms with Gasteiger partial charge in [0.25, 0.3) is 0 Å². The molecule has 1 atom stereocenters. The number of rotatable bonds is 7. The summed E-state index contributed by atoms with van der Waals surface area (Å²) in [7, 11) is 0. The summed E-state index contributed by atoms with van der Waals surface area (Å²) in [5.74, 6) is 0.504. The van der Waals surface area contributed by atoms with Gasteiger partial charge in [-0.05, 0) is 25.5 Å². The third kappa shape index (κ3) is 4.06. The zero-order valence-electron chi connectivity index (χ0n) is 8.84. The lowest BCUT2D eigenvalue weighted by atomic mass is 9.93. The summed E-state index contributed by atoms with van der Waals surface area (Å²) in [6, 6.07) is 0. The Morgan fingerprint density at radius 1 is 1.62 bits per heavy atom. The molecule has 13 heavy (non-hydrogen) atoms. The molecule has 0 aliphatic heterocycles. The second-order valence-corrected chi connectivity index (χ2v) is 3.80. The smallest absolute Gasteiger partial charge is 0.208 e. The van der Waals surface area contributed by atoms with Crippen LogP contribution in [0.1, 0.15) is 40.0 Å². The SMILES string of the molecule is C=NC(CCC)(CC(C)C)NC=O. The number of aliphatic imine (C=N–C) groups is 1. The molecular formula is C10H20N2O. The Morgan fingerprint density at radius 3 is 2.54 bits per heavy atom. The molecule has 0 spiro atoms. The van der Waals surface area contributed by atoms with Crippen molar-refractivity contribution in [3.8, 4) is 0 Å². The van der Waals surface area contributed by atoms with E-state index in [2.05, 4.69) is 37.8 Å². The van der Waals surface area contributed by atoms with Crippen LogP contribution in [0, 0.1) is 5.92 Å². The van der Waals surface area contributed by atoms with Crippen LogP contribution in [0.15, 0.2) is 4.99 Å². The number of amides is 1. The molecule has 1 N–H and O–H groups in total. The largest absolute Gasteiger partial charge is 0.334 e. The van der Waals surface area contributed by atoms with Crippen LogP contribution in [0.2, 0.25) is 0 Å². The molecule has 0 saturated carbocycles. The topological polar surface area (TPSA) is 41.5 Å². The Labute approximate surface area is 80.6 Å². The van der Waals surface area contributed by atoms with Crippen molar-refractivity contribution in [2.24, 2.45) is 10.9 Å².